The van der Waals surface area contributed by atoms with Crippen LogP contribution in [-0.2, 0) is 14.3 Å². The molecule has 11 heteroatoms. The quantitative estimate of drug-likeness (QED) is 0.241. The number of aliphatic hydroxyl groups is 3. The van der Waals surface area contributed by atoms with Gasteiger partial charge in [-0.25, -0.2) is 9.59 Å². The van der Waals surface area contributed by atoms with E-state index in [1.54, 1.807) is 50.3 Å². The van der Waals surface area contributed by atoms with E-state index in [1.165, 1.54) is 37.3 Å². The molecule has 5 N–H and O–H groups in total. The fraction of sp³-hybridized carbons (Fsp3) is 0.387. The number of cyclic esters (lactones) is 1. The molecule has 1 aliphatic rings. The molecule has 1 heterocycles. The van der Waals surface area contributed by atoms with Crippen molar-refractivity contribution in [3.05, 3.63) is 77.4 Å². The number of aliphatic hydroxyl groups excluding tert-OH is 3. The Bertz CT molecular complexity index is 1290. The Kier molecular flexibility index (Phi) is 11.7. The van der Waals surface area contributed by atoms with Crippen LogP contribution < -0.4 is 10.1 Å². The van der Waals surface area contributed by atoms with Crippen LogP contribution in [-0.4, -0.2) is 81.9 Å². The van der Waals surface area contributed by atoms with Crippen molar-refractivity contribution in [3.63, 3.8) is 0 Å². The number of hydrogen-bond acceptors (Lipinski definition) is 10. The van der Waals surface area contributed by atoms with E-state index < -0.39 is 54.1 Å². The van der Waals surface area contributed by atoms with Crippen LogP contribution in [0.1, 0.15) is 53.5 Å². The molecule has 0 aromatic heterocycles. The van der Waals surface area contributed by atoms with Crippen LogP contribution in [0.2, 0.25) is 0 Å². The van der Waals surface area contributed by atoms with Gasteiger partial charge in [0.25, 0.3) is 0 Å². The molecule has 226 valence electrons. The minimum atomic E-state index is -1.49. The van der Waals surface area contributed by atoms with Crippen LogP contribution in [0.4, 0.5) is 0 Å². The van der Waals surface area contributed by atoms with Gasteiger partial charge in [-0.2, -0.15) is 0 Å². The average Bonchev–Trinajstić information content (AvgIpc) is 2.96. The Hall–Kier alpha value is -4.19. The van der Waals surface area contributed by atoms with Gasteiger partial charge in [-0.3, -0.25) is 4.79 Å². The second kappa shape index (κ2) is 15.2. The molecular formula is C31H37NO10. The fourth-order valence-corrected chi connectivity index (χ4v) is 4.03. The van der Waals surface area contributed by atoms with Gasteiger partial charge in [-0.15, -0.1) is 0 Å². The topological polar surface area (TPSA) is 172 Å². The Balaban J connectivity index is 1.88. The summed E-state index contributed by atoms with van der Waals surface area (Å²) in [5.41, 5.74) is 0.342. The zero-order valence-corrected chi connectivity index (χ0v) is 23.7. The molecule has 0 fully saturated rings. The lowest BCUT2D eigenvalue weighted by molar-refractivity contribution is -0.119. The molecule has 1 amide bonds. The predicted octanol–water partition coefficient (Wildman–Crippen LogP) is 2.37. The van der Waals surface area contributed by atoms with Gasteiger partial charge in [0, 0.05) is 25.5 Å². The van der Waals surface area contributed by atoms with Crippen LogP contribution in [0.3, 0.4) is 0 Å². The van der Waals surface area contributed by atoms with Crippen LogP contribution in [0.25, 0.3) is 6.08 Å². The zero-order valence-electron chi connectivity index (χ0n) is 23.7. The van der Waals surface area contributed by atoms with Crippen LogP contribution >= 0.6 is 0 Å². The summed E-state index contributed by atoms with van der Waals surface area (Å²) in [5.74, 6) is -2.50. The number of phenols is 1. The van der Waals surface area contributed by atoms with Gasteiger partial charge in [0.2, 0.25) is 5.91 Å². The van der Waals surface area contributed by atoms with E-state index in [9.17, 15) is 34.8 Å². The van der Waals surface area contributed by atoms with Crippen molar-refractivity contribution in [2.24, 2.45) is 5.92 Å². The first-order valence-corrected chi connectivity index (χ1v) is 13.6. The third-order valence-electron chi connectivity index (χ3n) is 6.65. The largest absolute Gasteiger partial charge is 0.507 e. The molecule has 0 spiro atoms. The van der Waals surface area contributed by atoms with Crippen molar-refractivity contribution in [3.8, 4) is 11.5 Å². The van der Waals surface area contributed by atoms with Gasteiger partial charge in [-0.05, 0) is 43.2 Å². The number of phenolic OH excluding ortho intramolecular Hbond substituents is 1. The average molecular weight is 584 g/mol. The van der Waals surface area contributed by atoms with Crippen molar-refractivity contribution >= 4 is 23.9 Å². The number of carbonyl (C=O) groups excluding carboxylic acids is 3. The zero-order chi connectivity index (χ0) is 30.8. The number of nitrogens with one attached hydrogen (secondary N) is 1. The summed E-state index contributed by atoms with van der Waals surface area (Å²) in [5, 5.41) is 44.9. The maximum absolute atomic E-state index is 13.1. The standard InChI is InChI=1S/C31H37NO10/c1-18-12-13-27(42-30(38)21-8-5-4-6-9-21)29(37)25(35)11-7-10-22-14-24(40-17-23(34)16-32-20(3)33)15-26(36)28(22)31(39)41-19(18)2/h4-10,12-15,18-19,23,25,27,29,34-37H,11,16-17H2,1-3H3,(H,32,33)/b10-7+,13-12-/t18-,19?,23?,25?,27?,29?/m1/s1. The molecule has 42 heavy (non-hydrogen) atoms. The number of esters is 2. The highest BCUT2D eigenvalue weighted by Gasteiger charge is 2.29. The second-order valence-corrected chi connectivity index (χ2v) is 10.1. The molecule has 2 aromatic rings. The highest BCUT2D eigenvalue weighted by Crippen LogP contribution is 2.31. The smallest absolute Gasteiger partial charge is 0.342 e. The van der Waals surface area contributed by atoms with Gasteiger partial charge < -0.3 is 40.0 Å². The monoisotopic (exact) mass is 583 g/mol. The molecule has 0 aliphatic carbocycles. The molecule has 5 unspecified atom stereocenters. The lowest BCUT2D eigenvalue weighted by Gasteiger charge is -2.25. The summed E-state index contributed by atoms with van der Waals surface area (Å²) in [7, 11) is 0. The summed E-state index contributed by atoms with van der Waals surface area (Å²) >= 11 is 0. The van der Waals surface area contributed by atoms with E-state index in [0.29, 0.717) is 0 Å². The van der Waals surface area contributed by atoms with Crippen LogP contribution in [0.5, 0.6) is 11.5 Å². The molecule has 0 bridgehead atoms. The summed E-state index contributed by atoms with van der Waals surface area (Å²) in [6, 6.07) is 10.9. The van der Waals surface area contributed by atoms with Crippen LogP contribution in [0, 0.1) is 5.92 Å². The Morgan fingerprint density at radius 2 is 1.83 bits per heavy atom. The van der Waals surface area contributed by atoms with E-state index in [2.05, 4.69) is 5.32 Å². The van der Waals surface area contributed by atoms with Gasteiger partial charge in [0.1, 0.15) is 48.1 Å². The van der Waals surface area contributed by atoms with Gasteiger partial charge in [-0.1, -0.05) is 43.4 Å². The number of hydrogen-bond donors (Lipinski definition) is 5. The number of rotatable bonds is 7. The van der Waals surface area contributed by atoms with E-state index in [4.69, 9.17) is 14.2 Å². The summed E-state index contributed by atoms with van der Waals surface area (Å²) in [6.45, 7) is 4.47. The number of amides is 1. The highest BCUT2D eigenvalue weighted by molar-refractivity contribution is 5.97. The summed E-state index contributed by atoms with van der Waals surface area (Å²) in [4.78, 5) is 36.9. The molecule has 2 aromatic carbocycles. The lowest BCUT2D eigenvalue weighted by Crippen LogP contribution is -2.39. The van der Waals surface area contributed by atoms with Crippen molar-refractivity contribution in [1.29, 1.82) is 0 Å². The minimum absolute atomic E-state index is 0.0368. The fourth-order valence-electron chi connectivity index (χ4n) is 4.03. The molecule has 6 atom stereocenters. The SMILES string of the molecule is CC(=O)NCC(O)COc1cc(O)c2c(c1)/C=C/CC(O)C(O)C(OC(=O)c1ccccc1)/C=C\[C@@H](C)C(C)OC2=O. The van der Waals surface area contributed by atoms with E-state index in [0.717, 1.165) is 0 Å². The Labute approximate surface area is 244 Å². The summed E-state index contributed by atoms with van der Waals surface area (Å²) < 4.78 is 16.7. The Morgan fingerprint density at radius 3 is 2.52 bits per heavy atom. The van der Waals surface area contributed by atoms with Gasteiger partial charge in [0.05, 0.1) is 11.7 Å². The summed E-state index contributed by atoms with van der Waals surface area (Å²) in [6.07, 6.45) is 0.130. The molecule has 0 saturated carbocycles. The Morgan fingerprint density at radius 1 is 1.12 bits per heavy atom. The lowest BCUT2D eigenvalue weighted by atomic mass is 9.98. The maximum atomic E-state index is 13.1. The van der Waals surface area contributed by atoms with Crippen molar-refractivity contribution in [1.82, 2.24) is 5.32 Å². The first-order chi connectivity index (χ1) is 20.0. The number of carbonyl (C=O) groups is 3. The molecular weight excluding hydrogens is 546 g/mol. The predicted molar refractivity (Wildman–Crippen MR) is 153 cm³/mol. The third-order valence-corrected chi connectivity index (χ3v) is 6.65. The first kappa shape index (κ1) is 32.3. The van der Waals surface area contributed by atoms with Crippen molar-refractivity contribution in [2.75, 3.05) is 13.2 Å². The molecule has 11 nitrogen and oxygen atoms in total. The van der Waals surface area contributed by atoms with Crippen molar-refractivity contribution in [2.45, 2.75) is 57.7 Å². The maximum Gasteiger partial charge on any atom is 0.342 e. The first-order valence-electron chi connectivity index (χ1n) is 13.6. The number of ether oxygens (including phenoxy) is 3. The van der Waals surface area contributed by atoms with Gasteiger partial charge in [0.15, 0.2) is 0 Å². The highest BCUT2D eigenvalue weighted by atomic mass is 16.6. The van der Waals surface area contributed by atoms with E-state index >= 15 is 0 Å². The molecule has 0 radical (unpaired) electrons. The molecule has 0 saturated heterocycles. The third kappa shape index (κ3) is 9.16. The normalized spacial score (nSPS) is 25.1. The van der Waals surface area contributed by atoms with E-state index in [-0.39, 0.29) is 47.9 Å². The minimum Gasteiger partial charge on any atom is -0.507 e. The van der Waals surface area contributed by atoms with Crippen LogP contribution in [0.15, 0.2) is 60.7 Å². The number of benzene rings is 2. The van der Waals surface area contributed by atoms with Gasteiger partial charge >= 0.3 is 11.9 Å². The molecule has 1 aliphatic heterocycles. The number of aromatic hydroxyl groups is 1. The van der Waals surface area contributed by atoms with E-state index in [1.807, 2.05) is 0 Å². The number of fused-ring (bicyclic) bond motifs is 1. The molecule has 3 rings (SSSR count). The second-order valence-electron chi connectivity index (χ2n) is 10.1. The van der Waals surface area contributed by atoms with Crippen molar-refractivity contribution < 1.29 is 49.0 Å².